The zero-order valence-electron chi connectivity index (χ0n) is 59.4. The smallest absolute Gasteiger partial charge is 0.220 e. The lowest BCUT2D eigenvalue weighted by atomic mass is 9.99. The second-order valence-electron chi connectivity index (χ2n) is 27.5. The monoisotopic (exact) mass is 1270 g/mol. The van der Waals surface area contributed by atoms with E-state index in [1.165, 1.54) is 321 Å². The summed E-state index contributed by atoms with van der Waals surface area (Å²) in [5.41, 5.74) is 0. The molecule has 1 saturated heterocycles. The summed E-state index contributed by atoms with van der Waals surface area (Å²) >= 11 is 0. The van der Waals surface area contributed by atoms with E-state index in [0.717, 1.165) is 51.4 Å². The number of rotatable bonds is 70. The number of aliphatic hydroxyl groups excluding tert-OH is 5. The Bertz CT molecular complexity index is 1610. The van der Waals surface area contributed by atoms with Crippen LogP contribution in [0.4, 0.5) is 0 Å². The van der Waals surface area contributed by atoms with Crippen molar-refractivity contribution in [1.82, 2.24) is 5.32 Å². The average molecular weight is 1270 g/mol. The SMILES string of the molecule is CCCCCCC/C=C\C/C=C\C/C=C\CCCCCCCCCCCCCCCCCCCCCCC(=O)NC(COC1OC(CO)C(O)C(O)C1O)C(O)/C=C/CC/C=C/CCCCCCCCCCCCCCCCCCCCCCCCCCCC. The molecule has 90 heavy (non-hydrogen) atoms. The van der Waals surface area contributed by atoms with E-state index in [2.05, 4.69) is 67.8 Å². The van der Waals surface area contributed by atoms with Crippen molar-refractivity contribution >= 4 is 5.91 Å². The van der Waals surface area contributed by atoms with Crippen LogP contribution in [-0.4, -0.2) is 87.5 Å². The molecule has 528 valence electrons. The molecule has 9 nitrogen and oxygen atoms in total. The standard InChI is InChI=1S/C81H151NO8/c1-3-5-7-9-11-13-15-17-19-21-23-25-27-29-31-33-35-37-38-39-41-43-45-47-49-51-53-55-57-59-61-63-65-67-69-71-77(85)82-74(73-89-81-80(88)79(87)78(86)76(72-83)90-81)75(84)70-68-66-64-62-60-58-56-54-52-50-48-46-44-42-40-36-34-32-30-28-26-24-22-20-18-16-14-12-10-8-6-4-2/h15,17,21,23,27,29,60,62,68,70,74-76,78-81,83-84,86-88H,3-14,16,18-20,22,24-26,28,30-59,61,63-67,69,71-73H2,1-2H3,(H,82,85)/b17-15-,23-21-,29-27-,62-60+,70-68+. The molecule has 0 spiro atoms. The molecule has 1 aliphatic heterocycles. The molecule has 0 aromatic carbocycles. The third kappa shape index (κ3) is 57.3. The maximum Gasteiger partial charge on any atom is 0.220 e. The van der Waals surface area contributed by atoms with Crippen molar-refractivity contribution in [1.29, 1.82) is 0 Å². The van der Waals surface area contributed by atoms with Crippen molar-refractivity contribution in [3.63, 3.8) is 0 Å². The lowest BCUT2D eigenvalue weighted by molar-refractivity contribution is -0.302. The first-order chi connectivity index (χ1) is 44.3. The van der Waals surface area contributed by atoms with Gasteiger partial charge in [0.15, 0.2) is 6.29 Å². The highest BCUT2D eigenvalue weighted by Gasteiger charge is 2.44. The van der Waals surface area contributed by atoms with Crippen LogP contribution in [0.25, 0.3) is 0 Å². The molecule has 7 unspecified atom stereocenters. The maximum atomic E-state index is 13.2. The van der Waals surface area contributed by atoms with Crippen molar-refractivity contribution in [2.75, 3.05) is 13.2 Å². The van der Waals surface area contributed by atoms with Crippen molar-refractivity contribution in [3.8, 4) is 0 Å². The van der Waals surface area contributed by atoms with E-state index < -0.39 is 49.5 Å². The molecule has 6 N–H and O–H groups in total. The van der Waals surface area contributed by atoms with Gasteiger partial charge in [-0.3, -0.25) is 4.79 Å². The molecule has 0 aliphatic carbocycles. The Morgan fingerprint density at radius 2 is 0.667 bits per heavy atom. The van der Waals surface area contributed by atoms with Crippen LogP contribution in [0.1, 0.15) is 393 Å². The predicted molar refractivity (Wildman–Crippen MR) is 387 cm³/mol. The summed E-state index contributed by atoms with van der Waals surface area (Å²) in [5.74, 6) is -0.180. The molecule has 1 aliphatic rings. The number of amides is 1. The molecule has 1 heterocycles. The van der Waals surface area contributed by atoms with Gasteiger partial charge in [0, 0.05) is 6.42 Å². The van der Waals surface area contributed by atoms with E-state index in [4.69, 9.17) is 9.47 Å². The van der Waals surface area contributed by atoms with Gasteiger partial charge in [0.05, 0.1) is 25.4 Å². The van der Waals surface area contributed by atoms with Crippen LogP contribution < -0.4 is 5.32 Å². The molecule has 9 heteroatoms. The van der Waals surface area contributed by atoms with Crippen LogP contribution in [0.15, 0.2) is 60.8 Å². The van der Waals surface area contributed by atoms with Gasteiger partial charge < -0.3 is 40.3 Å². The van der Waals surface area contributed by atoms with Crippen LogP contribution in [0.2, 0.25) is 0 Å². The van der Waals surface area contributed by atoms with Crippen LogP contribution in [0.3, 0.4) is 0 Å². The van der Waals surface area contributed by atoms with Gasteiger partial charge in [-0.25, -0.2) is 0 Å². The number of aliphatic hydroxyl groups is 5. The minimum absolute atomic E-state index is 0.180. The average Bonchev–Trinajstić information content (AvgIpc) is 1.28. The number of hydrogen-bond acceptors (Lipinski definition) is 8. The minimum atomic E-state index is -1.57. The Morgan fingerprint density at radius 3 is 1.01 bits per heavy atom. The molecule has 0 radical (unpaired) electrons. The van der Waals surface area contributed by atoms with Gasteiger partial charge in [0.1, 0.15) is 24.4 Å². The van der Waals surface area contributed by atoms with Gasteiger partial charge in [-0.2, -0.15) is 0 Å². The largest absolute Gasteiger partial charge is 0.394 e. The van der Waals surface area contributed by atoms with Gasteiger partial charge in [0.2, 0.25) is 5.91 Å². The number of carbonyl (C=O) groups is 1. The van der Waals surface area contributed by atoms with Crippen LogP contribution in [0.5, 0.6) is 0 Å². The first-order valence-corrected chi connectivity index (χ1v) is 39.5. The first kappa shape index (κ1) is 85.9. The fraction of sp³-hybridized carbons (Fsp3) is 0.864. The van der Waals surface area contributed by atoms with E-state index >= 15 is 0 Å². The minimum Gasteiger partial charge on any atom is -0.394 e. The molecule has 1 amide bonds. The van der Waals surface area contributed by atoms with Crippen LogP contribution in [-0.2, 0) is 14.3 Å². The van der Waals surface area contributed by atoms with Crippen molar-refractivity contribution < 1.29 is 39.8 Å². The van der Waals surface area contributed by atoms with Crippen molar-refractivity contribution in [3.05, 3.63) is 60.8 Å². The Kier molecular flexibility index (Phi) is 66.5. The number of carbonyl (C=O) groups excluding carboxylic acids is 1. The highest BCUT2D eigenvalue weighted by molar-refractivity contribution is 5.76. The van der Waals surface area contributed by atoms with Crippen LogP contribution >= 0.6 is 0 Å². The van der Waals surface area contributed by atoms with Gasteiger partial charge in [0.25, 0.3) is 0 Å². The molecule has 0 saturated carbocycles. The number of hydrogen-bond donors (Lipinski definition) is 6. The number of nitrogens with one attached hydrogen (secondary N) is 1. The predicted octanol–water partition coefficient (Wildman–Crippen LogP) is 22.5. The van der Waals surface area contributed by atoms with Gasteiger partial charge in [-0.15, -0.1) is 0 Å². The lowest BCUT2D eigenvalue weighted by Crippen LogP contribution is -2.60. The van der Waals surface area contributed by atoms with E-state index in [0.29, 0.717) is 6.42 Å². The van der Waals surface area contributed by atoms with Gasteiger partial charge in [-0.05, 0) is 70.6 Å². The Morgan fingerprint density at radius 1 is 0.378 bits per heavy atom. The Labute approximate surface area is 557 Å². The topological polar surface area (TPSA) is 149 Å². The summed E-state index contributed by atoms with van der Waals surface area (Å²) in [6.45, 7) is 3.81. The molecular weight excluding hydrogens is 1110 g/mol. The van der Waals surface area contributed by atoms with Crippen molar-refractivity contribution in [2.45, 2.75) is 436 Å². The molecule has 1 fully saturated rings. The quantitative estimate of drug-likeness (QED) is 0.0261. The van der Waals surface area contributed by atoms with Crippen molar-refractivity contribution in [2.24, 2.45) is 0 Å². The lowest BCUT2D eigenvalue weighted by Gasteiger charge is -2.40. The second kappa shape index (κ2) is 69.7. The molecule has 0 bridgehead atoms. The highest BCUT2D eigenvalue weighted by atomic mass is 16.7. The fourth-order valence-corrected chi connectivity index (χ4v) is 12.7. The summed E-state index contributed by atoms with van der Waals surface area (Å²) in [5, 5.41) is 54.9. The molecule has 0 aromatic rings. The number of ether oxygens (including phenoxy) is 2. The number of unbranched alkanes of at least 4 members (excludes halogenated alkanes) is 52. The summed E-state index contributed by atoms with van der Waals surface area (Å²) in [6.07, 6.45) is 90.8. The van der Waals surface area contributed by atoms with Gasteiger partial charge in [-0.1, -0.05) is 376 Å². The normalized spacial score (nSPS) is 18.1. The van der Waals surface area contributed by atoms with E-state index in [-0.39, 0.29) is 12.5 Å². The van der Waals surface area contributed by atoms with Crippen LogP contribution in [0, 0.1) is 0 Å². The highest BCUT2D eigenvalue weighted by Crippen LogP contribution is 2.24. The summed E-state index contributed by atoms with van der Waals surface area (Å²) < 4.78 is 11.3. The summed E-state index contributed by atoms with van der Waals surface area (Å²) in [6, 6.07) is -0.825. The number of allylic oxidation sites excluding steroid dienone is 9. The Balaban J connectivity index is 2.09. The molecular formula is C81H151NO8. The summed E-state index contributed by atoms with van der Waals surface area (Å²) in [4.78, 5) is 13.2. The molecule has 1 rings (SSSR count). The third-order valence-corrected chi connectivity index (χ3v) is 18.8. The Hall–Kier alpha value is -2.11. The fourth-order valence-electron chi connectivity index (χ4n) is 12.7. The molecule has 0 aromatic heterocycles. The third-order valence-electron chi connectivity index (χ3n) is 18.8. The van der Waals surface area contributed by atoms with Gasteiger partial charge >= 0.3 is 0 Å². The summed E-state index contributed by atoms with van der Waals surface area (Å²) in [7, 11) is 0. The van der Waals surface area contributed by atoms with E-state index in [1.54, 1.807) is 6.08 Å². The first-order valence-electron chi connectivity index (χ1n) is 39.5. The zero-order valence-corrected chi connectivity index (χ0v) is 59.4. The van der Waals surface area contributed by atoms with E-state index in [9.17, 15) is 30.3 Å². The maximum absolute atomic E-state index is 13.2. The second-order valence-corrected chi connectivity index (χ2v) is 27.5. The molecule has 7 atom stereocenters. The van der Waals surface area contributed by atoms with E-state index in [1.807, 2.05) is 6.08 Å². The zero-order chi connectivity index (χ0) is 64.9.